The van der Waals surface area contributed by atoms with Crippen LogP contribution in [-0.2, 0) is 9.53 Å². The Bertz CT molecular complexity index is 1070. The van der Waals surface area contributed by atoms with E-state index in [1.54, 1.807) is 0 Å². The molecule has 0 N–H and O–H groups in total. The molecule has 156 valence electrons. The molecule has 1 aliphatic rings. The van der Waals surface area contributed by atoms with Crippen molar-refractivity contribution in [3.8, 4) is 28.5 Å². The number of carbonyl (C=O) groups excluding carboxylic acids is 1. The van der Waals surface area contributed by atoms with Gasteiger partial charge in [-0.1, -0.05) is 78.8 Å². The molecule has 0 unspecified atom stereocenters. The number of aromatic nitrogens is 1. The van der Waals surface area contributed by atoms with Gasteiger partial charge in [-0.3, -0.25) is 4.79 Å². The van der Waals surface area contributed by atoms with E-state index in [-0.39, 0.29) is 17.8 Å². The molecule has 1 aliphatic carbocycles. The van der Waals surface area contributed by atoms with E-state index in [0.717, 1.165) is 48.1 Å². The third-order valence-corrected chi connectivity index (χ3v) is 6.38. The number of nitrogens with zero attached hydrogens (tertiary/aromatic N) is 2. The Hall–Kier alpha value is -3.10. The molecule has 0 saturated heterocycles. The second-order valence-electron chi connectivity index (χ2n) is 7.62. The summed E-state index contributed by atoms with van der Waals surface area (Å²) in [5, 5.41) is 10.5. The SMILES string of the molecule is N#Cc1c(-c2ccccc2)cc(-c2ccccc2)nc1SCC(=O)OC1CCCCC1. The zero-order valence-corrected chi connectivity index (χ0v) is 18.1. The van der Waals surface area contributed by atoms with E-state index < -0.39 is 0 Å². The first-order valence-electron chi connectivity index (χ1n) is 10.6. The average molecular weight is 429 g/mol. The number of esters is 1. The Morgan fingerprint density at radius 1 is 1.00 bits per heavy atom. The molecule has 0 atom stereocenters. The lowest BCUT2D eigenvalue weighted by molar-refractivity contribution is -0.147. The fraction of sp³-hybridized carbons (Fsp3) is 0.269. The van der Waals surface area contributed by atoms with Gasteiger partial charge in [-0.15, -0.1) is 0 Å². The van der Waals surface area contributed by atoms with E-state index in [1.165, 1.54) is 18.2 Å². The van der Waals surface area contributed by atoms with Crippen molar-refractivity contribution in [2.45, 2.75) is 43.2 Å². The van der Waals surface area contributed by atoms with Crippen LogP contribution in [0.3, 0.4) is 0 Å². The fourth-order valence-electron chi connectivity index (χ4n) is 3.87. The lowest BCUT2D eigenvalue weighted by Crippen LogP contribution is -2.22. The Labute approximate surface area is 187 Å². The molecule has 31 heavy (non-hydrogen) atoms. The van der Waals surface area contributed by atoms with Gasteiger partial charge < -0.3 is 4.74 Å². The lowest BCUT2D eigenvalue weighted by Gasteiger charge is -2.21. The fourth-order valence-corrected chi connectivity index (χ4v) is 4.65. The molecule has 5 heteroatoms. The molecular weight excluding hydrogens is 404 g/mol. The monoisotopic (exact) mass is 428 g/mol. The van der Waals surface area contributed by atoms with Crippen LogP contribution < -0.4 is 0 Å². The predicted octanol–water partition coefficient (Wildman–Crippen LogP) is 6.26. The van der Waals surface area contributed by atoms with Crippen molar-refractivity contribution in [2.75, 3.05) is 5.75 Å². The number of ether oxygens (including phenoxy) is 1. The summed E-state index contributed by atoms with van der Waals surface area (Å²) in [7, 11) is 0. The molecule has 1 heterocycles. The largest absolute Gasteiger partial charge is 0.462 e. The quantitative estimate of drug-likeness (QED) is 0.343. The second-order valence-corrected chi connectivity index (χ2v) is 8.58. The number of nitriles is 1. The van der Waals surface area contributed by atoms with Crippen LogP contribution in [0.1, 0.15) is 37.7 Å². The molecule has 0 aliphatic heterocycles. The van der Waals surface area contributed by atoms with Crippen LogP contribution in [-0.4, -0.2) is 22.8 Å². The Balaban J connectivity index is 1.64. The van der Waals surface area contributed by atoms with Crippen LogP contribution in [0.5, 0.6) is 0 Å². The van der Waals surface area contributed by atoms with Crippen LogP contribution in [0.4, 0.5) is 0 Å². The second kappa shape index (κ2) is 10.3. The van der Waals surface area contributed by atoms with Crippen molar-refractivity contribution in [2.24, 2.45) is 0 Å². The molecule has 3 aromatic rings. The van der Waals surface area contributed by atoms with Gasteiger partial charge in [0.15, 0.2) is 0 Å². The standard InChI is InChI=1S/C26H24N2O2S/c27-17-23-22(19-10-4-1-5-11-19)16-24(20-12-6-2-7-13-20)28-26(23)31-18-25(29)30-21-14-8-3-9-15-21/h1-2,4-7,10-13,16,21H,3,8-9,14-15,18H2. The molecular formula is C26H24N2O2S. The predicted molar refractivity (Wildman–Crippen MR) is 124 cm³/mol. The maximum atomic E-state index is 12.4. The van der Waals surface area contributed by atoms with E-state index in [2.05, 4.69) is 6.07 Å². The number of benzene rings is 2. The van der Waals surface area contributed by atoms with Crippen molar-refractivity contribution in [3.05, 3.63) is 72.3 Å². The average Bonchev–Trinajstić information content (AvgIpc) is 2.84. The molecule has 0 spiro atoms. The van der Waals surface area contributed by atoms with Crippen LogP contribution in [0, 0.1) is 11.3 Å². The van der Waals surface area contributed by atoms with Crippen molar-refractivity contribution in [1.82, 2.24) is 4.98 Å². The number of thioether (sulfide) groups is 1. The first-order valence-corrected chi connectivity index (χ1v) is 11.6. The highest BCUT2D eigenvalue weighted by Gasteiger charge is 2.20. The van der Waals surface area contributed by atoms with Crippen molar-refractivity contribution >= 4 is 17.7 Å². The van der Waals surface area contributed by atoms with Crippen LogP contribution in [0.2, 0.25) is 0 Å². The topological polar surface area (TPSA) is 63.0 Å². The zero-order chi connectivity index (χ0) is 21.5. The number of hydrogen-bond donors (Lipinski definition) is 0. The Morgan fingerprint density at radius 2 is 1.65 bits per heavy atom. The minimum atomic E-state index is -0.242. The van der Waals surface area contributed by atoms with Gasteiger partial charge in [0.1, 0.15) is 17.2 Å². The minimum absolute atomic E-state index is 0.0285. The molecule has 1 fully saturated rings. The summed E-state index contributed by atoms with van der Waals surface area (Å²) >= 11 is 1.28. The Morgan fingerprint density at radius 3 is 2.29 bits per heavy atom. The molecule has 0 amide bonds. The summed E-state index contributed by atoms with van der Waals surface area (Å²) in [5.41, 5.74) is 4.00. The first-order chi connectivity index (χ1) is 15.2. The maximum absolute atomic E-state index is 12.4. The van der Waals surface area contributed by atoms with Gasteiger partial charge in [0.05, 0.1) is 17.0 Å². The van der Waals surface area contributed by atoms with E-state index in [9.17, 15) is 10.1 Å². The van der Waals surface area contributed by atoms with E-state index in [1.807, 2.05) is 66.7 Å². The number of carbonyl (C=O) groups is 1. The third-order valence-electron chi connectivity index (χ3n) is 5.43. The maximum Gasteiger partial charge on any atom is 0.316 e. The van der Waals surface area contributed by atoms with Crippen LogP contribution >= 0.6 is 11.8 Å². The van der Waals surface area contributed by atoms with Crippen LogP contribution in [0.25, 0.3) is 22.4 Å². The summed E-state index contributed by atoms with van der Waals surface area (Å²) in [4.78, 5) is 17.2. The normalized spacial score (nSPS) is 14.0. The summed E-state index contributed by atoms with van der Waals surface area (Å²) < 4.78 is 5.65. The summed E-state index contributed by atoms with van der Waals surface area (Å²) in [6.45, 7) is 0. The molecule has 0 bridgehead atoms. The first kappa shape index (κ1) is 21.1. The highest BCUT2D eigenvalue weighted by molar-refractivity contribution is 7.99. The van der Waals surface area contributed by atoms with Crippen molar-refractivity contribution < 1.29 is 9.53 Å². The van der Waals surface area contributed by atoms with E-state index in [0.29, 0.717) is 10.6 Å². The lowest BCUT2D eigenvalue weighted by atomic mass is 9.98. The van der Waals surface area contributed by atoms with E-state index >= 15 is 0 Å². The van der Waals surface area contributed by atoms with Gasteiger partial charge in [0.2, 0.25) is 0 Å². The van der Waals surface area contributed by atoms with Gasteiger partial charge >= 0.3 is 5.97 Å². The number of hydrogen-bond acceptors (Lipinski definition) is 5. The van der Waals surface area contributed by atoms with Gasteiger partial charge in [0.25, 0.3) is 0 Å². The third kappa shape index (κ3) is 5.34. The highest BCUT2D eigenvalue weighted by Crippen LogP contribution is 2.34. The van der Waals surface area contributed by atoms with Gasteiger partial charge in [-0.25, -0.2) is 4.98 Å². The number of rotatable bonds is 6. The Kier molecular flexibility index (Phi) is 7.01. The molecule has 0 radical (unpaired) electrons. The minimum Gasteiger partial charge on any atom is -0.462 e. The molecule has 4 nitrogen and oxygen atoms in total. The zero-order valence-electron chi connectivity index (χ0n) is 17.3. The van der Waals surface area contributed by atoms with Gasteiger partial charge in [-0.05, 0) is 37.3 Å². The van der Waals surface area contributed by atoms with Crippen molar-refractivity contribution in [1.29, 1.82) is 5.26 Å². The van der Waals surface area contributed by atoms with Crippen LogP contribution in [0.15, 0.2) is 71.8 Å². The molecule has 1 saturated carbocycles. The molecule has 4 rings (SSSR count). The van der Waals surface area contributed by atoms with E-state index in [4.69, 9.17) is 9.72 Å². The van der Waals surface area contributed by atoms with Crippen molar-refractivity contribution in [3.63, 3.8) is 0 Å². The molecule has 1 aromatic heterocycles. The van der Waals surface area contributed by atoms with Gasteiger partial charge in [-0.2, -0.15) is 5.26 Å². The van der Waals surface area contributed by atoms with Gasteiger partial charge in [0, 0.05) is 11.1 Å². The summed E-state index contributed by atoms with van der Waals surface area (Å²) in [6.07, 6.45) is 5.36. The summed E-state index contributed by atoms with van der Waals surface area (Å²) in [6, 6.07) is 24.0. The highest BCUT2D eigenvalue weighted by atomic mass is 32.2. The molecule has 2 aromatic carbocycles. The number of pyridine rings is 1. The smallest absolute Gasteiger partial charge is 0.316 e. The summed E-state index contributed by atoms with van der Waals surface area (Å²) in [5.74, 6) is -0.0982.